The first kappa shape index (κ1) is 15.4. The molecule has 0 aromatic heterocycles. The Hall–Kier alpha value is -0.990. The van der Waals surface area contributed by atoms with Crippen LogP contribution in [-0.4, -0.2) is 6.04 Å². The maximum Gasteiger partial charge on any atom is 0.0467 e. The van der Waals surface area contributed by atoms with Crippen LogP contribution in [0.4, 0.5) is 5.69 Å². The summed E-state index contributed by atoms with van der Waals surface area (Å²) in [7, 11) is 0. The van der Waals surface area contributed by atoms with Gasteiger partial charge in [-0.3, -0.25) is 0 Å². The van der Waals surface area contributed by atoms with Crippen molar-refractivity contribution < 1.29 is 0 Å². The first-order valence-electron chi connectivity index (χ1n) is 6.76. The Morgan fingerprint density at radius 2 is 1.80 bits per heavy atom. The summed E-state index contributed by atoms with van der Waals surface area (Å²) in [5.74, 6) is 0. The fourth-order valence-electron chi connectivity index (χ4n) is 2.18. The smallest absolute Gasteiger partial charge is 0.0467 e. The van der Waals surface area contributed by atoms with Gasteiger partial charge in [0.1, 0.15) is 0 Å². The molecule has 0 atom stereocenters. The molecule has 2 aromatic carbocycles. The third-order valence-electron chi connectivity index (χ3n) is 3.33. The molecule has 0 unspecified atom stereocenters. The number of benzene rings is 2. The van der Waals surface area contributed by atoms with Gasteiger partial charge in [-0.15, -0.1) is 0 Å². The van der Waals surface area contributed by atoms with Gasteiger partial charge in [-0.25, -0.2) is 0 Å². The largest absolute Gasteiger partial charge is 0.365 e. The molecule has 0 heterocycles. The molecule has 2 rings (SSSR count). The van der Waals surface area contributed by atoms with E-state index in [1.165, 1.54) is 11.3 Å². The highest BCUT2D eigenvalue weighted by Crippen LogP contribution is 2.27. The predicted octanol–water partition coefficient (Wildman–Crippen LogP) is 5.65. The van der Waals surface area contributed by atoms with E-state index in [4.69, 9.17) is 11.6 Å². The molecule has 0 saturated carbocycles. The molecular weight excluding hydrogens is 334 g/mol. The molecule has 1 nitrogen and oxygen atoms in total. The third-order valence-corrected chi connectivity index (χ3v) is 4.29. The summed E-state index contributed by atoms with van der Waals surface area (Å²) in [6.07, 6.45) is 0. The maximum absolute atomic E-state index is 6.32. The average Bonchev–Trinajstić information content (AvgIpc) is 2.45. The third kappa shape index (κ3) is 3.77. The van der Waals surface area contributed by atoms with Crippen molar-refractivity contribution in [3.8, 4) is 0 Å². The molecule has 0 radical (unpaired) electrons. The Morgan fingerprint density at radius 3 is 2.35 bits per heavy atom. The molecular formula is C17H19BrClN. The second kappa shape index (κ2) is 7.14. The van der Waals surface area contributed by atoms with Crippen LogP contribution < -0.4 is 4.90 Å². The minimum atomic E-state index is 0.418. The molecule has 0 N–H and O–H groups in total. The van der Waals surface area contributed by atoms with Crippen molar-refractivity contribution in [2.24, 2.45) is 0 Å². The zero-order valence-electron chi connectivity index (χ0n) is 11.8. The Kier molecular flexibility index (Phi) is 5.50. The lowest BCUT2D eigenvalue weighted by atomic mass is 10.1. The fourth-order valence-corrected chi connectivity index (χ4v) is 3.07. The van der Waals surface area contributed by atoms with Gasteiger partial charge in [-0.2, -0.15) is 0 Å². The molecule has 106 valence electrons. The molecule has 0 bridgehead atoms. The van der Waals surface area contributed by atoms with Crippen molar-refractivity contribution in [3.63, 3.8) is 0 Å². The highest BCUT2D eigenvalue weighted by molar-refractivity contribution is 9.08. The Bertz CT molecular complexity index is 554. The van der Waals surface area contributed by atoms with Crippen molar-refractivity contribution in [3.05, 3.63) is 64.7 Å². The standard InChI is InChI=1S/C17H19BrClN/c1-13(2)20(12-14-6-4-3-5-7-14)16-9-8-15(11-18)17(19)10-16/h3-10,13H,11-12H2,1-2H3. The summed E-state index contributed by atoms with van der Waals surface area (Å²) in [5.41, 5.74) is 3.60. The summed E-state index contributed by atoms with van der Waals surface area (Å²) in [6, 6.07) is 17.2. The van der Waals surface area contributed by atoms with Crippen molar-refractivity contribution in [1.82, 2.24) is 0 Å². The van der Waals surface area contributed by atoms with Gasteiger partial charge in [-0.1, -0.05) is 63.9 Å². The average molecular weight is 353 g/mol. The molecule has 0 saturated heterocycles. The second-order valence-electron chi connectivity index (χ2n) is 5.12. The highest BCUT2D eigenvalue weighted by Gasteiger charge is 2.12. The van der Waals surface area contributed by atoms with Crippen LogP contribution in [0.2, 0.25) is 5.02 Å². The quantitative estimate of drug-likeness (QED) is 0.628. The fraction of sp³-hybridized carbons (Fsp3) is 0.294. The Morgan fingerprint density at radius 1 is 1.10 bits per heavy atom. The molecule has 0 aliphatic heterocycles. The van der Waals surface area contributed by atoms with Crippen LogP contribution in [-0.2, 0) is 11.9 Å². The molecule has 0 aliphatic carbocycles. The summed E-state index contributed by atoms with van der Waals surface area (Å²) in [5, 5.41) is 1.60. The van der Waals surface area contributed by atoms with Crippen LogP contribution in [0.25, 0.3) is 0 Å². The maximum atomic E-state index is 6.32. The van der Waals surface area contributed by atoms with Crippen LogP contribution in [0, 0.1) is 0 Å². The number of hydrogen-bond acceptors (Lipinski definition) is 1. The van der Waals surface area contributed by atoms with E-state index in [9.17, 15) is 0 Å². The van der Waals surface area contributed by atoms with Crippen LogP contribution in [0.5, 0.6) is 0 Å². The van der Waals surface area contributed by atoms with E-state index in [1.807, 2.05) is 6.07 Å². The van der Waals surface area contributed by atoms with Crippen LogP contribution >= 0.6 is 27.5 Å². The first-order valence-corrected chi connectivity index (χ1v) is 8.26. The Balaban J connectivity index is 2.27. The molecule has 2 aromatic rings. The number of nitrogens with zero attached hydrogens (tertiary/aromatic N) is 1. The van der Waals surface area contributed by atoms with Crippen LogP contribution in [0.1, 0.15) is 25.0 Å². The van der Waals surface area contributed by atoms with E-state index >= 15 is 0 Å². The number of hydrogen-bond donors (Lipinski definition) is 0. The Labute approximate surface area is 134 Å². The zero-order valence-corrected chi connectivity index (χ0v) is 14.2. The first-order chi connectivity index (χ1) is 9.61. The highest BCUT2D eigenvalue weighted by atomic mass is 79.9. The normalized spacial score (nSPS) is 10.8. The molecule has 3 heteroatoms. The van der Waals surface area contributed by atoms with Gasteiger partial charge in [0.25, 0.3) is 0 Å². The van der Waals surface area contributed by atoms with E-state index in [1.54, 1.807) is 0 Å². The van der Waals surface area contributed by atoms with Gasteiger partial charge >= 0.3 is 0 Å². The number of halogens is 2. The van der Waals surface area contributed by atoms with E-state index in [2.05, 4.69) is 77.1 Å². The molecule has 0 spiro atoms. The van der Waals surface area contributed by atoms with E-state index in [0.717, 1.165) is 22.5 Å². The minimum absolute atomic E-state index is 0.418. The molecule has 0 aliphatic rings. The number of alkyl halides is 1. The lowest BCUT2D eigenvalue weighted by Gasteiger charge is -2.29. The van der Waals surface area contributed by atoms with E-state index in [0.29, 0.717) is 6.04 Å². The lowest BCUT2D eigenvalue weighted by Crippen LogP contribution is -2.30. The molecule has 0 fully saturated rings. The van der Waals surface area contributed by atoms with Gasteiger partial charge in [0, 0.05) is 28.6 Å². The van der Waals surface area contributed by atoms with Gasteiger partial charge in [0.2, 0.25) is 0 Å². The molecule has 0 amide bonds. The van der Waals surface area contributed by atoms with Gasteiger partial charge in [-0.05, 0) is 37.1 Å². The zero-order chi connectivity index (χ0) is 14.5. The summed E-state index contributed by atoms with van der Waals surface area (Å²) in [4.78, 5) is 2.36. The van der Waals surface area contributed by atoms with Gasteiger partial charge in [0.05, 0.1) is 0 Å². The lowest BCUT2D eigenvalue weighted by molar-refractivity contribution is 0.682. The topological polar surface area (TPSA) is 3.24 Å². The second-order valence-corrected chi connectivity index (χ2v) is 6.08. The predicted molar refractivity (Wildman–Crippen MR) is 91.8 cm³/mol. The van der Waals surface area contributed by atoms with Gasteiger partial charge in [0.15, 0.2) is 0 Å². The summed E-state index contributed by atoms with van der Waals surface area (Å²) >= 11 is 9.78. The number of rotatable bonds is 5. The van der Waals surface area contributed by atoms with Crippen LogP contribution in [0.15, 0.2) is 48.5 Å². The minimum Gasteiger partial charge on any atom is -0.365 e. The van der Waals surface area contributed by atoms with Crippen molar-refractivity contribution in [2.75, 3.05) is 4.90 Å². The summed E-state index contributed by atoms with van der Waals surface area (Å²) in [6.45, 7) is 5.30. The van der Waals surface area contributed by atoms with Crippen LogP contribution in [0.3, 0.4) is 0 Å². The summed E-state index contributed by atoms with van der Waals surface area (Å²) < 4.78 is 0. The van der Waals surface area contributed by atoms with Crippen molar-refractivity contribution in [1.29, 1.82) is 0 Å². The number of anilines is 1. The van der Waals surface area contributed by atoms with Gasteiger partial charge < -0.3 is 4.90 Å². The SMILES string of the molecule is CC(C)N(Cc1ccccc1)c1ccc(CBr)c(Cl)c1. The van der Waals surface area contributed by atoms with Crippen molar-refractivity contribution >= 4 is 33.2 Å². The monoisotopic (exact) mass is 351 g/mol. The van der Waals surface area contributed by atoms with E-state index < -0.39 is 0 Å². The van der Waals surface area contributed by atoms with E-state index in [-0.39, 0.29) is 0 Å². The molecule has 20 heavy (non-hydrogen) atoms. The van der Waals surface area contributed by atoms with Crippen molar-refractivity contribution in [2.45, 2.75) is 31.8 Å².